The number of benzene rings is 1. The van der Waals surface area contributed by atoms with Gasteiger partial charge in [-0.3, -0.25) is 4.79 Å². The first-order valence-electron chi connectivity index (χ1n) is 6.61. The summed E-state index contributed by atoms with van der Waals surface area (Å²) in [5.74, 6) is -0.0588. The zero-order valence-corrected chi connectivity index (χ0v) is 14.4. The summed E-state index contributed by atoms with van der Waals surface area (Å²) in [6, 6.07) is 7.96. The molecule has 0 atom stereocenters. The van der Waals surface area contributed by atoms with Gasteiger partial charge in [0.15, 0.2) is 0 Å². The molecule has 0 unspecified atom stereocenters. The topological polar surface area (TPSA) is 68.0 Å². The van der Waals surface area contributed by atoms with Gasteiger partial charge in [0.2, 0.25) is 5.91 Å². The molecule has 4 nitrogen and oxygen atoms in total. The third-order valence-corrected chi connectivity index (χ3v) is 4.39. The summed E-state index contributed by atoms with van der Waals surface area (Å²) in [5.41, 5.74) is 7.04. The number of halogens is 1. The van der Waals surface area contributed by atoms with Crippen LogP contribution in [0, 0.1) is 0 Å². The number of carbonyl (C=O) groups excluding carboxylic acids is 1. The first kappa shape index (κ1) is 16.1. The zero-order chi connectivity index (χ0) is 15.5. The van der Waals surface area contributed by atoms with Gasteiger partial charge in [-0.15, -0.1) is 11.3 Å². The fourth-order valence-corrected chi connectivity index (χ4v) is 3.00. The van der Waals surface area contributed by atoms with Crippen molar-refractivity contribution in [2.75, 3.05) is 6.54 Å². The quantitative estimate of drug-likeness (QED) is 0.853. The number of nitrogens with two attached hydrogens (primary N) is 1. The lowest BCUT2D eigenvalue weighted by atomic mass is 10.1. The molecule has 0 saturated carbocycles. The van der Waals surface area contributed by atoms with Crippen LogP contribution in [0.5, 0.6) is 0 Å². The molecule has 0 aliphatic heterocycles. The van der Waals surface area contributed by atoms with Gasteiger partial charge in [0.1, 0.15) is 5.01 Å². The highest BCUT2D eigenvalue weighted by Crippen LogP contribution is 2.26. The van der Waals surface area contributed by atoms with E-state index in [1.807, 2.05) is 43.5 Å². The highest BCUT2D eigenvalue weighted by atomic mass is 79.9. The Morgan fingerprint density at radius 1 is 1.48 bits per heavy atom. The molecule has 112 valence electrons. The highest BCUT2D eigenvalue weighted by Gasteiger charge is 2.19. The van der Waals surface area contributed by atoms with Crippen molar-refractivity contribution in [2.24, 2.45) is 5.73 Å². The normalized spacial score (nSPS) is 11.4. The maximum absolute atomic E-state index is 12.0. The standard InChI is InChI=1S/C15H18BrN3OS/c1-15(2,9-17)19-13(20)7-12-8-21-14(18-12)10-4-3-5-11(16)6-10/h3-6,8H,7,9,17H2,1-2H3,(H,19,20). The van der Waals surface area contributed by atoms with E-state index in [1.165, 1.54) is 0 Å². The molecule has 2 rings (SSSR count). The van der Waals surface area contributed by atoms with E-state index in [0.717, 1.165) is 20.7 Å². The highest BCUT2D eigenvalue weighted by molar-refractivity contribution is 9.10. The lowest BCUT2D eigenvalue weighted by Crippen LogP contribution is -2.49. The Hall–Kier alpha value is -1.24. The van der Waals surface area contributed by atoms with Crippen molar-refractivity contribution in [3.05, 3.63) is 39.8 Å². The first-order valence-corrected chi connectivity index (χ1v) is 8.28. The SMILES string of the molecule is CC(C)(CN)NC(=O)Cc1csc(-c2cccc(Br)c2)n1. The Labute approximate surface area is 136 Å². The summed E-state index contributed by atoms with van der Waals surface area (Å²) in [6.07, 6.45) is 0.272. The van der Waals surface area contributed by atoms with Gasteiger partial charge in [0, 0.05) is 27.5 Å². The summed E-state index contributed by atoms with van der Waals surface area (Å²) in [6.45, 7) is 4.21. The number of hydrogen-bond acceptors (Lipinski definition) is 4. The van der Waals surface area contributed by atoms with Crippen LogP contribution in [0.2, 0.25) is 0 Å². The molecule has 3 N–H and O–H groups in total. The smallest absolute Gasteiger partial charge is 0.226 e. The number of aromatic nitrogens is 1. The lowest BCUT2D eigenvalue weighted by Gasteiger charge is -2.23. The van der Waals surface area contributed by atoms with Crippen LogP contribution in [0.4, 0.5) is 0 Å². The largest absolute Gasteiger partial charge is 0.350 e. The van der Waals surface area contributed by atoms with Crippen LogP contribution in [0.3, 0.4) is 0 Å². The maximum Gasteiger partial charge on any atom is 0.226 e. The second-order valence-corrected chi connectivity index (χ2v) is 7.24. The van der Waals surface area contributed by atoms with Crippen LogP contribution in [-0.4, -0.2) is 23.0 Å². The third-order valence-electron chi connectivity index (χ3n) is 2.95. The molecule has 0 spiro atoms. The average molecular weight is 368 g/mol. The van der Waals surface area contributed by atoms with Crippen LogP contribution in [0.1, 0.15) is 19.5 Å². The molecule has 1 aromatic heterocycles. The first-order chi connectivity index (χ1) is 9.89. The molecular formula is C15H18BrN3OS. The number of carbonyl (C=O) groups is 1. The fraction of sp³-hybridized carbons (Fsp3) is 0.333. The molecule has 6 heteroatoms. The van der Waals surface area contributed by atoms with Gasteiger partial charge >= 0.3 is 0 Å². The Balaban J connectivity index is 2.05. The van der Waals surface area contributed by atoms with Crippen molar-refractivity contribution < 1.29 is 4.79 Å². The Kier molecular flexibility index (Phi) is 5.13. The van der Waals surface area contributed by atoms with Crippen molar-refractivity contribution in [2.45, 2.75) is 25.8 Å². The molecule has 2 aromatic rings. The minimum atomic E-state index is -0.389. The Morgan fingerprint density at radius 2 is 2.24 bits per heavy atom. The van der Waals surface area contributed by atoms with Crippen LogP contribution >= 0.6 is 27.3 Å². The Bertz CT molecular complexity index is 639. The molecule has 1 aromatic carbocycles. The van der Waals surface area contributed by atoms with Gasteiger partial charge in [-0.05, 0) is 26.0 Å². The summed E-state index contributed by atoms with van der Waals surface area (Å²) in [7, 11) is 0. The van der Waals surface area contributed by atoms with E-state index in [9.17, 15) is 4.79 Å². The average Bonchev–Trinajstić information content (AvgIpc) is 2.86. The molecule has 0 aliphatic carbocycles. The molecule has 1 amide bonds. The molecule has 21 heavy (non-hydrogen) atoms. The van der Waals surface area contributed by atoms with Crippen molar-refractivity contribution in [3.63, 3.8) is 0 Å². The molecular weight excluding hydrogens is 350 g/mol. The van der Waals surface area contributed by atoms with Gasteiger partial charge in [-0.25, -0.2) is 4.98 Å². The van der Waals surface area contributed by atoms with E-state index in [1.54, 1.807) is 11.3 Å². The number of nitrogens with zero attached hydrogens (tertiary/aromatic N) is 1. The summed E-state index contributed by atoms with van der Waals surface area (Å²) in [4.78, 5) is 16.5. The Morgan fingerprint density at radius 3 is 2.90 bits per heavy atom. The molecule has 0 fully saturated rings. The van der Waals surface area contributed by atoms with Crippen LogP contribution < -0.4 is 11.1 Å². The molecule has 1 heterocycles. The molecule has 0 bridgehead atoms. The minimum Gasteiger partial charge on any atom is -0.350 e. The van der Waals surface area contributed by atoms with Gasteiger partial charge in [0.05, 0.1) is 12.1 Å². The summed E-state index contributed by atoms with van der Waals surface area (Å²) in [5, 5.41) is 5.74. The zero-order valence-electron chi connectivity index (χ0n) is 12.0. The number of amides is 1. The lowest BCUT2D eigenvalue weighted by molar-refractivity contribution is -0.121. The number of rotatable bonds is 5. The van der Waals surface area contributed by atoms with Crippen LogP contribution in [0.25, 0.3) is 10.6 Å². The van der Waals surface area contributed by atoms with E-state index in [-0.39, 0.29) is 17.9 Å². The van der Waals surface area contributed by atoms with Crippen molar-refractivity contribution >= 4 is 33.2 Å². The number of nitrogens with one attached hydrogen (secondary N) is 1. The van der Waals surface area contributed by atoms with Gasteiger partial charge in [-0.1, -0.05) is 28.1 Å². The maximum atomic E-state index is 12.0. The molecule has 0 saturated heterocycles. The van der Waals surface area contributed by atoms with Crippen molar-refractivity contribution in [1.29, 1.82) is 0 Å². The van der Waals surface area contributed by atoms with E-state index < -0.39 is 0 Å². The summed E-state index contributed by atoms with van der Waals surface area (Å²) < 4.78 is 1.01. The van der Waals surface area contributed by atoms with E-state index >= 15 is 0 Å². The van der Waals surface area contributed by atoms with Crippen molar-refractivity contribution in [1.82, 2.24) is 10.3 Å². The van der Waals surface area contributed by atoms with Crippen LogP contribution in [-0.2, 0) is 11.2 Å². The predicted molar refractivity (Wildman–Crippen MR) is 90.2 cm³/mol. The second-order valence-electron chi connectivity index (χ2n) is 5.47. The molecule has 0 radical (unpaired) electrons. The van der Waals surface area contributed by atoms with Gasteiger partial charge in [0.25, 0.3) is 0 Å². The number of thiazole rings is 1. The van der Waals surface area contributed by atoms with E-state index in [0.29, 0.717) is 6.54 Å². The van der Waals surface area contributed by atoms with E-state index in [4.69, 9.17) is 5.73 Å². The third kappa shape index (κ3) is 4.62. The van der Waals surface area contributed by atoms with Crippen LogP contribution in [0.15, 0.2) is 34.1 Å². The number of hydrogen-bond donors (Lipinski definition) is 2. The van der Waals surface area contributed by atoms with E-state index in [2.05, 4.69) is 26.2 Å². The molecule has 0 aliphatic rings. The second kappa shape index (κ2) is 6.68. The minimum absolute atomic E-state index is 0.0588. The fourth-order valence-electron chi connectivity index (χ4n) is 1.78. The summed E-state index contributed by atoms with van der Waals surface area (Å²) >= 11 is 4.99. The predicted octanol–water partition coefficient (Wildman–Crippen LogP) is 2.97. The van der Waals surface area contributed by atoms with Gasteiger partial charge < -0.3 is 11.1 Å². The van der Waals surface area contributed by atoms with Gasteiger partial charge in [-0.2, -0.15) is 0 Å². The monoisotopic (exact) mass is 367 g/mol. The van der Waals surface area contributed by atoms with Crippen molar-refractivity contribution in [3.8, 4) is 10.6 Å².